The zero-order chi connectivity index (χ0) is 13.8. The van der Waals surface area contributed by atoms with E-state index in [1.54, 1.807) is 31.3 Å². The van der Waals surface area contributed by atoms with Crippen molar-refractivity contribution >= 4 is 11.8 Å². The van der Waals surface area contributed by atoms with E-state index in [9.17, 15) is 14.7 Å². The van der Waals surface area contributed by atoms with Gasteiger partial charge < -0.3 is 15.3 Å². The lowest BCUT2D eigenvalue weighted by atomic mass is 10.1. The molecule has 0 bridgehead atoms. The van der Waals surface area contributed by atoms with Gasteiger partial charge in [0, 0.05) is 13.6 Å². The van der Waals surface area contributed by atoms with Crippen LogP contribution in [0.3, 0.4) is 0 Å². The molecular weight excluding hydrogens is 244 g/mol. The largest absolute Gasteiger partial charge is 0.378 e. The molecule has 1 aliphatic rings. The lowest BCUT2D eigenvalue weighted by Gasteiger charge is -2.25. The second-order valence-corrected chi connectivity index (χ2v) is 4.62. The van der Waals surface area contributed by atoms with Crippen molar-refractivity contribution in [3.05, 3.63) is 35.9 Å². The predicted octanol–water partition coefficient (Wildman–Crippen LogP) is 0.457. The van der Waals surface area contributed by atoms with Crippen LogP contribution in [0.5, 0.6) is 0 Å². The van der Waals surface area contributed by atoms with Crippen molar-refractivity contribution in [1.29, 1.82) is 0 Å². The molecule has 2 rings (SSSR count). The highest BCUT2D eigenvalue weighted by Gasteiger charge is 2.36. The van der Waals surface area contributed by atoms with Gasteiger partial charge >= 0.3 is 0 Å². The average Bonchev–Trinajstić information content (AvgIpc) is 2.95. The number of aliphatic hydroxyl groups excluding tert-OH is 1. The van der Waals surface area contributed by atoms with E-state index in [0.717, 1.165) is 6.42 Å². The number of aliphatic hydroxyl groups is 1. The van der Waals surface area contributed by atoms with Crippen LogP contribution < -0.4 is 5.32 Å². The number of amides is 2. The van der Waals surface area contributed by atoms with Crippen molar-refractivity contribution in [2.24, 2.45) is 0 Å². The predicted molar refractivity (Wildman–Crippen MR) is 70.2 cm³/mol. The van der Waals surface area contributed by atoms with E-state index < -0.39 is 18.1 Å². The van der Waals surface area contributed by atoms with Gasteiger partial charge in [0.15, 0.2) is 6.10 Å². The van der Waals surface area contributed by atoms with Crippen molar-refractivity contribution in [2.45, 2.75) is 25.0 Å². The minimum absolute atomic E-state index is 0.175. The molecule has 1 fully saturated rings. The van der Waals surface area contributed by atoms with Gasteiger partial charge in [0.05, 0.1) is 0 Å². The van der Waals surface area contributed by atoms with E-state index in [1.165, 1.54) is 4.90 Å². The molecule has 2 unspecified atom stereocenters. The third kappa shape index (κ3) is 2.76. The molecule has 0 saturated carbocycles. The molecule has 1 aromatic carbocycles. The molecule has 1 aliphatic heterocycles. The van der Waals surface area contributed by atoms with E-state index in [-0.39, 0.29) is 5.91 Å². The first-order chi connectivity index (χ1) is 9.15. The van der Waals surface area contributed by atoms with Crippen LogP contribution >= 0.6 is 0 Å². The third-order valence-corrected chi connectivity index (χ3v) is 3.43. The number of likely N-dealkylation sites (tertiary alicyclic amines) is 1. The Morgan fingerprint density at radius 3 is 2.68 bits per heavy atom. The molecule has 5 nitrogen and oxygen atoms in total. The van der Waals surface area contributed by atoms with Crippen LogP contribution in [0.4, 0.5) is 0 Å². The maximum Gasteiger partial charge on any atom is 0.256 e. The highest BCUT2D eigenvalue weighted by atomic mass is 16.3. The van der Waals surface area contributed by atoms with Crippen LogP contribution in [0, 0.1) is 0 Å². The molecule has 2 atom stereocenters. The molecule has 1 saturated heterocycles. The zero-order valence-corrected chi connectivity index (χ0v) is 10.9. The van der Waals surface area contributed by atoms with E-state index >= 15 is 0 Å². The molecule has 1 heterocycles. The number of benzene rings is 1. The number of likely N-dealkylation sites (N-methyl/N-ethyl adjacent to an activating group) is 1. The smallest absolute Gasteiger partial charge is 0.256 e. The highest BCUT2D eigenvalue weighted by Crippen LogP contribution is 2.23. The summed E-state index contributed by atoms with van der Waals surface area (Å²) < 4.78 is 0. The lowest BCUT2D eigenvalue weighted by molar-refractivity contribution is -0.145. The summed E-state index contributed by atoms with van der Waals surface area (Å²) in [4.78, 5) is 25.4. The van der Waals surface area contributed by atoms with Gasteiger partial charge in [-0.3, -0.25) is 9.59 Å². The molecule has 102 valence electrons. The fourth-order valence-electron chi connectivity index (χ4n) is 2.40. The number of hydrogen-bond donors (Lipinski definition) is 2. The number of rotatable bonds is 3. The van der Waals surface area contributed by atoms with Gasteiger partial charge in [-0.2, -0.15) is 0 Å². The Morgan fingerprint density at radius 1 is 1.37 bits per heavy atom. The lowest BCUT2D eigenvalue weighted by Crippen LogP contribution is -2.46. The summed E-state index contributed by atoms with van der Waals surface area (Å²) in [6.45, 7) is 0.515. The van der Waals surface area contributed by atoms with Crippen molar-refractivity contribution in [1.82, 2.24) is 10.2 Å². The Morgan fingerprint density at radius 2 is 2.05 bits per heavy atom. The van der Waals surface area contributed by atoms with Crippen molar-refractivity contribution in [3.8, 4) is 0 Å². The van der Waals surface area contributed by atoms with E-state index in [4.69, 9.17) is 0 Å². The Balaban J connectivity index is 2.13. The Labute approximate surface area is 112 Å². The average molecular weight is 262 g/mol. The molecule has 2 amide bonds. The molecule has 0 aromatic heterocycles. The van der Waals surface area contributed by atoms with Crippen molar-refractivity contribution in [3.63, 3.8) is 0 Å². The van der Waals surface area contributed by atoms with Gasteiger partial charge in [0.1, 0.15) is 6.04 Å². The number of nitrogens with one attached hydrogen (secondary N) is 1. The van der Waals surface area contributed by atoms with Gasteiger partial charge in [-0.15, -0.1) is 0 Å². The highest BCUT2D eigenvalue weighted by molar-refractivity contribution is 5.90. The minimum Gasteiger partial charge on any atom is -0.378 e. The number of nitrogens with zero attached hydrogens (tertiary/aromatic N) is 1. The number of hydrogen-bond acceptors (Lipinski definition) is 3. The molecule has 2 N–H and O–H groups in total. The summed E-state index contributed by atoms with van der Waals surface area (Å²) in [6.07, 6.45) is 0.226. The van der Waals surface area contributed by atoms with Crippen molar-refractivity contribution < 1.29 is 14.7 Å². The van der Waals surface area contributed by atoms with Crippen LogP contribution in [0.2, 0.25) is 0 Å². The van der Waals surface area contributed by atoms with Crippen LogP contribution in [0.15, 0.2) is 30.3 Å². The van der Waals surface area contributed by atoms with E-state index in [2.05, 4.69) is 5.32 Å². The Bertz CT molecular complexity index is 461. The minimum atomic E-state index is -1.20. The Kier molecular flexibility index (Phi) is 4.16. The summed E-state index contributed by atoms with van der Waals surface area (Å²) in [5, 5.41) is 12.7. The topological polar surface area (TPSA) is 69.6 Å². The number of carbonyl (C=O) groups is 2. The summed E-state index contributed by atoms with van der Waals surface area (Å²) in [6, 6.07) is 8.30. The molecule has 0 spiro atoms. The van der Waals surface area contributed by atoms with Crippen LogP contribution in [0.1, 0.15) is 24.5 Å². The van der Waals surface area contributed by atoms with Crippen LogP contribution in [0.25, 0.3) is 0 Å². The van der Waals surface area contributed by atoms with Crippen molar-refractivity contribution in [2.75, 3.05) is 13.6 Å². The van der Waals surface area contributed by atoms with Gasteiger partial charge in [-0.1, -0.05) is 30.3 Å². The molecule has 5 heteroatoms. The monoisotopic (exact) mass is 262 g/mol. The maximum atomic E-state index is 12.3. The van der Waals surface area contributed by atoms with Crippen LogP contribution in [-0.2, 0) is 9.59 Å². The summed E-state index contributed by atoms with van der Waals surface area (Å²) in [7, 11) is 1.55. The molecular formula is C14H18N2O3. The first-order valence-corrected chi connectivity index (χ1v) is 6.40. The quantitative estimate of drug-likeness (QED) is 0.831. The maximum absolute atomic E-state index is 12.3. The van der Waals surface area contributed by atoms with Gasteiger partial charge in [0.2, 0.25) is 5.91 Å². The molecule has 0 radical (unpaired) electrons. The number of carbonyl (C=O) groups excluding carboxylic acids is 2. The van der Waals surface area contributed by atoms with E-state index in [1.807, 2.05) is 6.07 Å². The Hall–Kier alpha value is -1.88. The summed E-state index contributed by atoms with van der Waals surface area (Å²) in [5.74, 6) is -0.580. The fraction of sp³-hybridized carbons (Fsp3) is 0.429. The van der Waals surface area contributed by atoms with Gasteiger partial charge in [-0.05, 0) is 18.4 Å². The van der Waals surface area contributed by atoms with Gasteiger partial charge in [0.25, 0.3) is 5.91 Å². The first kappa shape index (κ1) is 13.5. The SMILES string of the molecule is CNC(=O)C1CCCN1C(=O)C(O)c1ccccc1. The third-order valence-electron chi connectivity index (χ3n) is 3.43. The normalized spacial score (nSPS) is 20.1. The second-order valence-electron chi connectivity index (χ2n) is 4.62. The summed E-state index contributed by atoms with van der Waals surface area (Å²) in [5.41, 5.74) is 0.551. The molecule has 19 heavy (non-hydrogen) atoms. The zero-order valence-electron chi connectivity index (χ0n) is 10.9. The van der Waals surface area contributed by atoms with Gasteiger partial charge in [-0.25, -0.2) is 0 Å². The first-order valence-electron chi connectivity index (χ1n) is 6.40. The van der Waals surface area contributed by atoms with Crippen LogP contribution in [-0.4, -0.2) is 41.5 Å². The second kappa shape index (κ2) is 5.84. The summed E-state index contributed by atoms with van der Waals surface area (Å²) >= 11 is 0. The molecule has 0 aliphatic carbocycles. The molecule has 1 aromatic rings. The van der Waals surface area contributed by atoms with E-state index in [0.29, 0.717) is 18.5 Å². The standard InChI is InChI=1S/C14H18N2O3/c1-15-13(18)11-8-5-9-16(11)14(19)12(17)10-6-3-2-4-7-10/h2-4,6-7,11-12,17H,5,8-9H2,1H3,(H,15,18). The fourth-order valence-corrected chi connectivity index (χ4v) is 2.40.